The predicted octanol–water partition coefficient (Wildman–Crippen LogP) is 1.44. The minimum Gasteiger partial charge on any atom is -0.507 e. The maximum absolute atomic E-state index is 12.5. The summed E-state index contributed by atoms with van der Waals surface area (Å²) in [7, 11) is 0. The molecular formula is C16H20N2O3. The molecule has 2 fully saturated rings. The Morgan fingerprint density at radius 3 is 2.67 bits per heavy atom. The molecule has 5 nitrogen and oxygen atoms in total. The van der Waals surface area contributed by atoms with Crippen molar-refractivity contribution >= 4 is 11.8 Å². The third-order valence-corrected chi connectivity index (χ3v) is 4.69. The van der Waals surface area contributed by atoms with Crippen molar-refractivity contribution in [1.29, 1.82) is 0 Å². The van der Waals surface area contributed by atoms with Gasteiger partial charge in [0.2, 0.25) is 5.91 Å². The lowest BCUT2D eigenvalue weighted by Gasteiger charge is -2.38. The Morgan fingerprint density at radius 2 is 2.05 bits per heavy atom. The highest BCUT2D eigenvalue weighted by atomic mass is 16.3. The average Bonchev–Trinajstić information content (AvgIpc) is 2.83. The van der Waals surface area contributed by atoms with Crippen molar-refractivity contribution in [1.82, 2.24) is 10.2 Å². The van der Waals surface area contributed by atoms with Gasteiger partial charge in [-0.25, -0.2) is 0 Å². The van der Waals surface area contributed by atoms with E-state index in [4.69, 9.17) is 0 Å². The highest BCUT2D eigenvalue weighted by Gasteiger charge is 2.41. The summed E-state index contributed by atoms with van der Waals surface area (Å²) in [6.45, 7) is 3.91. The van der Waals surface area contributed by atoms with E-state index in [1.165, 1.54) is 0 Å². The van der Waals surface area contributed by atoms with Gasteiger partial charge >= 0.3 is 0 Å². The van der Waals surface area contributed by atoms with Crippen molar-refractivity contribution < 1.29 is 14.7 Å². The van der Waals surface area contributed by atoms with Gasteiger partial charge in [0, 0.05) is 26.1 Å². The number of piperidine rings is 1. The molecule has 21 heavy (non-hydrogen) atoms. The molecule has 3 rings (SSSR count). The normalized spacial score (nSPS) is 20.6. The van der Waals surface area contributed by atoms with Crippen LogP contribution in [-0.4, -0.2) is 41.5 Å². The van der Waals surface area contributed by atoms with Gasteiger partial charge < -0.3 is 15.3 Å². The third kappa shape index (κ3) is 2.60. The number of phenols is 1. The number of nitrogens with one attached hydrogen (secondary N) is 1. The van der Waals surface area contributed by atoms with Crippen molar-refractivity contribution in [2.75, 3.05) is 19.6 Å². The molecule has 1 aromatic rings. The molecule has 1 aromatic carbocycles. The maximum Gasteiger partial charge on any atom is 0.257 e. The van der Waals surface area contributed by atoms with E-state index in [0.29, 0.717) is 25.1 Å². The van der Waals surface area contributed by atoms with Gasteiger partial charge in [-0.05, 0) is 37.3 Å². The van der Waals surface area contributed by atoms with Gasteiger partial charge in [-0.1, -0.05) is 11.6 Å². The van der Waals surface area contributed by atoms with Crippen LogP contribution >= 0.6 is 0 Å². The molecule has 2 aliphatic rings. The zero-order valence-electron chi connectivity index (χ0n) is 12.2. The number of carbonyl (C=O) groups is 2. The molecule has 0 aromatic heterocycles. The molecule has 2 saturated heterocycles. The zero-order chi connectivity index (χ0) is 15.0. The second-order valence-electron chi connectivity index (χ2n) is 6.27. The molecule has 0 atom stereocenters. The van der Waals surface area contributed by atoms with Crippen molar-refractivity contribution in [3.63, 3.8) is 0 Å². The lowest BCUT2D eigenvalue weighted by atomic mass is 9.77. The van der Waals surface area contributed by atoms with Crippen LogP contribution in [0.3, 0.4) is 0 Å². The summed E-state index contributed by atoms with van der Waals surface area (Å²) in [6.07, 6.45) is 2.25. The number of hydrogen-bond acceptors (Lipinski definition) is 3. The molecule has 0 aliphatic carbocycles. The largest absolute Gasteiger partial charge is 0.507 e. The van der Waals surface area contributed by atoms with Gasteiger partial charge in [-0.2, -0.15) is 0 Å². The molecule has 1 spiro atoms. The van der Waals surface area contributed by atoms with Crippen LogP contribution in [0, 0.1) is 12.3 Å². The van der Waals surface area contributed by atoms with E-state index < -0.39 is 0 Å². The van der Waals surface area contributed by atoms with Crippen LogP contribution in [0.25, 0.3) is 0 Å². The lowest BCUT2D eigenvalue weighted by Crippen LogP contribution is -2.44. The Bertz CT molecular complexity index is 589. The van der Waals surface area contributed by atoms with Crippen LogP contribution in [0.1, 0.15) is 35.2 Å². The van der Waals surface area contributed by atoms with Gasteiger partial charge in [0.05, 0.1) is 5.56 Å². The van der Waals surface area contributed by atoms with Gasteiger partial charge in [0.25, 0.3) is 5.91 Å². The van der Waals surface area contributed by atoms with Crippen LogP contribution in [0.5, 0.6) is 5.75 Å². The number of aromatic hydroxyl groups is 1. The summed E-state index contributed by atoms with van der Waals surface area (Å²) in [6, 6.07) is 5.07. The van der Waals surface area contributed by atoms with Gasteiger partial charge in [-0.15, -0.1) is 0 Å². The SMILES string of the molecule is Cc1ccc(O)c(C(=O)N2CCC3(CC2)CNC(=O)C3)c1. The van der Waals surface area contributed by atoms with Crippen LogP contribution in [-0.2, 0) is 4.79 Å². The number of aryl methyl sites for hydroxylation is 1. The Kier molecular flexibility index (Phi) is 3.35. The van der Waals surface area contributed by atoms with Crippen molar-refractivity contribution in [3.05, 3.63) is 29.3 Å². The average molecular weight is 288 g/mol. The maximum atomic E-state index is 12.5. The minimum absolute atomic E-state index is 0.0303. The minimum atomic E-state index is -0.122. The summed E-state index contributed by atoms with van der Waals surface area (Å²) in [5.74, 6) is 0.0260. The number of carbonyl (C=O) groups excluding carboxylic acids is 2. The summed E-state index contributed by atoms with van der Waals surface area (Å²) in [4.78, 5) is 25.7. The van der Waals surface area contributed by atoms with E-state index >= 15 is 0 Å². The second-order valence-corrected chi connectivity index (χ2v) is 6.27. The fourth-order valence-corrected chi connectivity index (χ4v) is 3.28. The smallest absolute Gasteiger partial charge is 0.257 e. The summed E-state index contributed by atoms with van der Waals surface area (Å²) in [5, 5.41) is 12.8. The van der Waals surface area contributed by atoms with Crippen molar-refractivity contribution in [3.8, 4) is 5.75 Å². The topological polar surface area (TPSA) is 69.6 Å². The molecule has 0 radical (unpaired) electrons. The summed E-state index contributed by atoms with van der Waals surface area (Å²) in [5.41, 5.74) is 1.35. The molecule has 0 unspecified atom stereocenters. The molecule has 2 amide bonds. The number of amides is 2. The van der Waals surface area contributed by atoms with Crippen LogP contribution < -0.4 is 5.32 Å². The van der Waals surface area contributed by atoms with E-state index in [-0.39, 0.29) is 23.0 Å². The molecule has 2 aliphatic heterocycles. The van der Waals surface area contributed by atoms with E-state index in [1.807, 2.05) is 6.92 Å². The Morgan fingerprint density at radius 1 is 1.33 bits per heavy atom. The van der Waals surface area contributed by atoms with Crippen LogP contribution in [0.4, 0.5) is 0 Å². The number of nitrogens with zero attached hydrogens (tertiary/aromatic N) is 1. The third-order valence-electron chi connectivity index (χ3n) is 4.69. The molecule has 5 heteroatoms. The van der Waals surface area contributed by atoms with E-state index in [2.05, 4.69) is 5.32 Å². The number of benzene rings is 1. The summed E-state index contributed by atoms with van der Waals surface area (Å²) < 4.78 is 0. The molecule has 0 bridgehead atoms. The standard InChI is InChI=1S/C16H20N2O3/c1-11-2-3-13(19)12(8-11)15(21)18-6-4-16(5-7-18)9-14(20)17-10-16/h2-3,8,19H,4-7,9-10H2,1H3,(H,17,20). The molecular weight excluding hydrogens is 268 g/mol. The van der Waals surface area contributed by atoms with Crippen LogP contribution in [0.15, 0.2) is 18.2 Å². The fourth-order valence-electron chi connectivity index (χ4n) is 3.28. The van der Waals surface area contributed by atoms with Crippen molar-refractivity contribution in [2.45, 2.75) is 26.2 Å². The second kappa shape index (κ2) is 5.06. The predicted molar refractivity (Wildman–Crippen MR) is 78.0 cm³/mol. The molecule has 112 valence electrons. The Labute approximate surface area is 123 Å². The fraction of sp³-hybridized carbons (Fsp3) is 0.500. The van der Waals surface area contributed by atoms with Gasteiger partial charge in [0.15, 0.2) is 0 Å². The lowest BCUT2D eigenvalue weighted by molar-refractivity contribution is -0.119. The van der Waals surface area contributed by atoms with Crippen molar-refractivity contribution in [2.24, 2.45) is 5.41 Å². The van der Waals surface area contributed by atoms with E-state index in [1.54, 1.807) is 23.1 Å². The van der Waals surface area contributed by atoms with E-state index in [0.717, 1.165) is 24.9 Å². The highest BCUT2D eigenvalue weighted by molar-refractivity contribution is 5.97. The van der Waals surface area contributed by atoms with Gasteiger partial charge in [-0.3, -0.25) is 9.59 Å². The van der Waals surface area contributed by atoms with Gasteiger partial charge in [0.1, 0.15) is 5.75 Å². The number of likely N-dealkylation sites (tertiary alicyclic amines) is 1. The molecule has 2 heterocycles. The number of hydrogen-bond donors (Lipinski definition) is 2. The first kappa shape index (κ1) is 13.9. The Balaban J connectivity index is 1.70. The summed E-state index contributed by atoms with van der Waals surface area (Å²) >= 11 is 0. The number of rotatable bonds is 1. The molecule has 0 saturated carbocycles. The quantitative estimate of drug-likeness (QED) is 0.821. The highest BCUT2D eigenvalue weighted by Crippen LogP contribution is 2.38. The number of phenolic OH excluding ortho intramolecular Hbond substituents is 1. The molecule has 2 N–H and O–H groups in total. The monoisotopic (exact) mass is 288 g/mol. The van der Waals surface area contributed by atoms with Crippen LogP contribution in [0.2, 0.25) is 0 Å². The zero-order valence-corrected chi connectivity index (χ0v) is 12.2. The van der Waals surface area contributed by atoms with E-state index in [9.17, 15) is 14.7 Å². The first-order valence-electron chi connectivity index (χ1n) is 7.35. The first-order valence-corrected chi connectivity index (χ1v) is 7.35. The Hall–Kier alpha value is -2.04. The first-order chi connectivity index (χ1) is 9.99.